The summed E-state index contributed by atoms with van der Waals surface area (Å²) in [6, 6.07) is 8.82. The largest absolute Gasteiger partial charge is 0.373 e. The van der Waals surface area contributed by atoms with Crippen LogP contribution in [0.15, 0.2) is 36.5 Å². The summed E-state index contributed by atoms with van der Waals surface area (Å²) in [5.41, 5.74) is 2.16. The van der Waals surface area contributed by atoms with Crippen molar-refractivity contribution in [3.8, 4) is 0 Å². The number of carbonyl (C=O) groups is 1. The number of aromatic nitrogens is 1. The average Bonchev–Trinajstić information content (AvgIpc) is 2.43. The number of hydrogen-bond donors (Lipinski definition) is 2. The third-order valence-electron chi connectivity index (χ3n) is 2.65. The van der Waals surface area contributed by atoms with Crippen molar-refractivity contribution in [3.63, 3.8) is 0 Å². The first-order valence-electron chi connectivity index (χ1n) is 5.81. The van der Waals surface area contributed by atoms with Crippen LogP contribution in [0.4, 0.5) is 11.5 Å². The number of nitrogens with one attached hydrogen (secondary N) is 2. The first kappa shape index (κ1) is 13.4. The number of carbonyl (C=O) groups excluding carboxylic acids is 1. The molecule has 4 nitrogen and oxygen atoms in total. The van der Waals surface area contributed by atoms with Gasteiger partial charge in [0, 0.05) is 18.8 Å². The number of rotatable bonds is 3. The molecule has 0 fully saturated rings. The summed E-state index contributed by atoms with van der Waals surface area (Å²) in [4.78, 5) is 16.2. The van der Waals surface area contributed by atoms with Crippen LogP contribution in [0.5, 0.6) is 0 Å². The standard InChI is InChI=1S/C14H14ClN3O/c1-9-3-4-11(15)12(7-9)18-14(19)10-5-6-17-13(8-10)16-2/h3-8H,1-2H3,(H,16,17)(H,18,19). The molecule has 0 saturated heterocycles. The second kappa shape index (κ2) is 5.71. The summed E-state index contributed by atoms with van der Waals surface area (Å²) in [5, 5.41) is 6.20. The van der Waals surface area contributed by atoms with Crippen LogP contribution < -0.4 is 10.6 Å². The van der Waals surface area contributed by atoms with Gasteiger partial charge < -0.3 is 10.6 Å². The van der Waals surface area contributed by atoms with Gasteiger partial charge >= 0.3 is 0 Å². The second-order valence-electron chi connectivity index (χ2n) is 4.12. The lowest BCUT2D eigenvalue weighted by Gasteiger charge is -2.09. The van der Waals surface area contributed by atoms with Crippen molar-refractivity contribution >= 4 is 29.0 Å². The molecule has 0 unspecified atom stereocenters. The van der Waals surface area contributed by atoms with Gasteiger partial charge in [-0.05, 0) is 36.8 Å². The first-order valence-corrected chi connectivity index (χ1v) is 6.19. The molecule has 1 aromatic heterocycles. The molecule has 2 rings (SSSR count). The number of aryl methyl sites for hydroxylation is 1. The van der Waals surface area contributed by atoms with Crippen molar-refractivity contribution in [2.45, 2.75) is 6.92 Å². The molecule has 98 valence electrons. The Hall–Kier alpha value is -2.07. The summed E-state index contributed by atoms with van der Waals surface area (Å²) in [6.45, 7) is 1.94. The minimum absolute atomic E-state index is 0.216. The quantitative estimate of drug-likeness (QED) is 0.903. The lowest BCUT2D eigenvalue weighted by atomic mass is 10.2. The Morgan fingerprint density at radius 3 is 2.79 bits per heavy atom. The summed E-state index contributed by atoms with van der Waals surface area (Å²) >= 11 is 6.05. The number of halogens is 1. The Balaban J connectivity index is 2.22. The van der Waals surface area contributed by atoms with E-state index in [0.717, 1.165) is 5.56 Å². The van der Waals surface area contributed by atoms with E-state index in [-0.39, 0.29) is 5.91 Å². The number of benzene rings is 1. The summed E-state index contributed by atoms with van der Waals surface area (Å²) in [7, 11) is 1.75. The fraction of sp³-hybridized carbons (Fsp3) is 0.143. The molecule has 0 atom stereocenters. The molecule has 5 heteroatoms. The van der Waals surface area contributed by atoms with E-state index in [4.69, 9.17) is 11.6 Å². The predicted octanol–water partition coefficient (Wildman–Crippen LogP) is 3.34. The Bertz CT molecular complexity index is 613. The number of amides is 1. The average molecular weight is 276 g/mol. The van der Waals surface area contributed by atoms with Crippen LogP contribution in [-0.2, 0) is 0 Å². The van der Waals surface area contributed by atoms with Gasteiger partial charge in [0.05, 0.1) is 10.7 Å². The second-order valence-corrected chi connectivity index (χ2v) is 4.52. The van der Waals surface area contributed by atoms with Gasteiger partial charge in [-0.3, -0.25) is 4.79 Å². The minimum atomic E-state index is -0.216. The molecule has 2 aromatic rings. The van der Waals surface area contributed by atoms with Gasteiger partial charge in [0.15, 0.2) is 0 Å². The molecular formula is C14H14ClN3O. The number of pyridine rings is 1. The van der Waals surface area contributed by atoms with E-state index >= 15 is 0 Å². The van der Waals surface area contributed by atoms with E-state index in [1.807, 2.05) is 19.1 Å². The molecule has 0 aliphatic carbocycles. The Labute approximate surface area is 116 Å². The van der Waals surface area contributed by atoms with Gasteiger partial charge in [-0.2, -0.15) is 0 Å². The van der Waals surface area contributed by atoms with Crippen molar-refractivity contribution in [1.29, 1.82) is 0 Å². The maximum Gasteiger partial charge on any atom is 0.255 e. The van der Waals surface area contributed by atoms with Gasteiger partial charge in [0.1, 0.15) is 5.82 Å². The molecule has 0 bridgehead atoms. The topological polar surface area (TPSA) is 54.0 Å². The van der Waals surface area contributed by atoms with Crippen LogP contribution in [0.2, 0.25) is 5.02 Å². The third-order valence-corrected chi connectivity index (χ3v) is 2.98. The molecule has 0 spiro atoms. The van der Waals surface area contributed by atoms with E-state index in [1.165, 1.54) is 0 Å². The maximum atomic E-state index is 12.1. The zero-order chi connectivity index (χ0) is 13.8. The van der Waals surface area contributed by atoms with Crippen molar-refractivity contribution < 1.29 is 4.79 Å². The maximum absolute atomic E-state index is 12.1. The van der Waals surface area contributed by atoms with Crippen LogP contribution in [0.3, 0.4) is 0 Å². The van der Waals surface area contributed by atoms with Gasteiger partial charge in [-0.15, -0.1) is 0 Å². The van der Waals surface area contributed by atoms with Crippen LogP contribution in [0, 0.1) is 6.92 Å². The van der Waals surface area contributed by atoms with Gasteiger partial charge in [0.2, 0.25) is 0 Å². The van der Waals surface area contributed by atoms with E-state index in [9.17, 15) is 4.79 Å². The zero-order valence-electron chi connectivity index (χ0n) is 10.7. The fourth-order valence-corrected chi connectivity index (χ4v) is 1.80. The van der Waals surface area contributed by atoms with Crippen molar-refractivity contribution in [1.82, 2.24) is 4.98 Å². The highest BCUT2D eigenvalue weighted by Gasteiger charge is 2.09. The van der Waals surface area contributed by atoms with Crippen LogP contribution in [0.25, 0.3) is 0 Å². The third kappa shape index (κ3) is 3.23. The molecule has 19 heavy (non-hydrogen) atoms. The predicted molar refractivity (Wildman–Crippen MR) is 77.9 cm³/mol. The molecule has 1 heterocycles. The summed E-state index contributed by atoms with van der Waals surface area (Å²) in [6.07, 6.45) is 1.58. The molecule has 1 aromatic carbocycles. The minimum Gasteiger partial charge on any atom is -0.373 e. The number of hydrogen-bond acceptors (Lipinski definition) is 3. The van der Waals surface area contributed by atoms with E-state index in [0.29, 0.717) is 22.1 Å². The summed E-state index contributed by atoms with van der Waals surface area (Å²) in [5.74, 6) is 0.425. The molecule has 0 aliphatic heterocycles. The number of anilines is 2. The highest BCUT2D eigenvalue weighted by molar-refractivity contribution is 6.34. The first-order chi connectivity index (χ1) is 9.10. The molecule has 0 aliphatic rings. The fourth-order valence-electron chi connectivity index (χ4n) is 1.64. The lowest BCUT2D eigenvalue weighted by Crippen LogP contribution is -2.13. The zero-order valence-corrected chi connectivity index (χ0v) is 11.5. The normalized spacial score (nSPS) is 10.1. The highest BCUT2D eigenvalue weighted by atomic mass is 35.5. The molecule has 0 saturated carbocycles. The van der Waals surface area contributed by atoms with E-state index < -0.39 is 0 Å². The van der Waals surface area contributed by atoms with Gasteiger partial charge in [-0.1, -0.05) is 17.7 Å². The highest BCUT2D eigenvalue weighted by Crippen LogP contribution is 2.23. The Morgan fingerprint density at radius 1 is 1.26 bits per heavy atom. The smallest absolute Gasteiger partial charge is 0.255 e. The molecule has 1 amide bonds. The van der Waals surface area contributed by atoms with E-state index in [2.05, 4.69) is 15.6 Å². The summed E-state index contributed by atoms with van der Waals surface area (Å²) < 4.78 is 0. The SMILES string of the molecule is CNc1cc(C(=O)Nc2cc(C)ccc2Cl)ccn1. The monoisotopic (exact) mass is 275 g/mol. The molecule has 0 radical (unpaired) electrons. The molecule has 2 N–H and O–H groups in total. The lowest BCUT2D eigenvalue weighted by molar-refractivity contribution is 0.102. The Kier molecular flexibility index (Phi) is 4.02. The van der Waals surface area contributed by atoms with Crippen molar-refractivity contribution in [2.24, 2.45) is 0 Å². The molecular weight excluding hydrogens is 262 g/mol. The van der Waals surface area contributed by atoms with Crippen LogP contribution in [0.1, 0.15) is 15.9 Å². The number of nitrogens with zero attached hydrogens (tertiary/aromatic N) is 1. The van der Waals surface area contributed by atoms with Crippen LogP contribution in [-0.4, -0.2) is 17.9 Å². The van der Waals surface area contributed by atoms with Crippen molar-refractivity contribution in [2.75, 3.05) is 17.7 Å². The van der Waals surface area contributed by atoms with Gasteiger partial charge in [-0.25, -0.2) is 4.98 Å². The Morgan fingerprint density at radius 2 is 2.05 bits per heavy atom. The van der Waals surface area contributed by atoms with Crippen LogP contribution >= 0.6 is 11.6 Å². The van der Waals surface area contributed by atoms with Gasteiger partial charge in [0.25, 0.3) is 5.91 Å². The van der Waals surface area contributed by atoms with Crippen molar-refractivity contribution in [3.05, 3.63) is 52.7 Å². The van der Waals surface area contributed by atoms with E-state index in [1.54, 1.807) is 31.4 Å².